The third-order valence-corrected chi connectivity index (χ3v) is 21.0. The van der Waals surface area contributed by atoms with E-state index in [2.05, 4.69) is 63.8 Å². The molecular weight excluding hydrogens is 1650 g/mol. The monoisotopic (exact) mass is 1790 g/mol. The molecule has 0 aromatic heterocycles. The molecule has 126 heavy (non-hydrogen) atoms. The normalized spacial score (nSPS) is 16.3. The average molecular weight is 1800 g/mol. The summed E-state index contributed by atoms with van der Waals surface area (Å²) < 4.78 is 28.2. The standard InChI is InChI=1S/C84H143N15O27/c1-17-51(6)74(98(14)80(117)72(49(2)3)96-79(116)73(50(4)5)97(12)13)62(122-15)39-71(112)99-34-21-25-58(99)77(123-16)52(7)78(115)94-56(37-54-23-19-18-20-24-54)40-85-31-22-35-125-82(120)53(8)93-66(107)29-33-87-83(121)126-47-57(59(101)38-55(81(118)119)26-27-63(104)88-41-60(102)75(113)76(114)61(103)46-100)95-70(111)45-92-69(110)44-91-68(109)43-90-67(108)42-89-64(105)28-32-86-65(106)30-36-124-48-84(9,10)11/h18-20,23-24,49-53,55-58,60-62,72-77,85,100,102-103,113-114H,17,21-22,25-48H2,1-16H3,(H,86,106)(H,87,121)(H,88,104)(H,89,105)(H,90,108)(H,91,109)(H,92,110)(H,93,107)(H,94,115)(H,95,111)(H,96,116)(H,118,119)/t51-,52+,53?,55?,56-,57?,58-,60-,61+,62+,72?,73-,74-,75+,76+,77+/m0/s1. The molecule has 42 heteroatoms. The second kappa shape index (κ2) is 59.4. The van der Waals surface area contributed by atoms with Crippen molar-refractivity contribution < 1.29 is 131 Å². The van der Waals surface area contributed by atoms with Crippen LogP contribution in [0.4, 0.5) is 4.79 Å². The summed E-state index contributed by atoms with van der Waals surface area (Å²) in [6.07, 6.45) is -10.5. The van der Waals surface area contributed by atoms with E-state index in [1.165, 1.54) is 21.1 Å². The van der Waals surface area contributed by atoms with Crippen molar-refractivity contribution in [2.45, 2.75) is 232 Å². The van der Waals surface area contributed by atoms with E-state index < -0.39 is 234 Å². The quantitative estimate of drug-likeness (QED) is 0.0221. The van der Waals surface area contributed by atoms with Crippen molar-refractivity contribution in [2.24, 2.45) is 35.0 Å². The fourth-order valence-corrected chi connectivity index (χ4v) is 13.8. The number of benzene rings is 1. The minimum Gasteiger partial charge on any atom is -0.481 e. The van der Waals surface area contributed by atoms with Gasteiger partial charge in [-0.05, 0) is 88.4 Å². The van der Waals surface area contributed by atoms with Crippen molar-refractivity contribution >= 4 is 94.7 Å². The van der Waals surface area contributed by atoms with Crippen LogP contribution in [0.15, 0.2) is 30.3 Å². The van der Waals surface area contributed by atoms with Gasteiger partial charge >= 0.3 is 18.0 Å². The SMILES string of the molecule is CC[C@H](C)[C@@H]([C@@H](CC(=O)N1CCC[C@H]1[C@H](OC)[C@@H](C)C(=O)N[C@H](CNCCCOC(=O)C(C)NC(=O)CCNC(=O)OCC(NC(=O)CNC(=O)CNC(=O)CNC(=O)CNC(=O)CCNC(=O)CCOCC(C)(C)C)C(=O)CC(CCC(=O)NC[C@H](O)[C@@H](O)[C@H](O)[C@H](O)CO)C(=O)O)Cc1ccccc1)OC)N(C)C(=O)C(NC(=O)[C@H](C(C)C)N(C)C)C(C)C. The van der Waals surface area contributed by atoms with Gasteiger partial charge in [-0.25, -0.2) is 9.59 Å². The number of hydrogen-bond acceptors (Lipinski definition) is 28. The van der Waals surface area contributed by atoms with Gasteiger partial charge < -0.3 is 128 Å². The second-order valence-corrected chi connectivity index (χ2v) is 33.7. The minimum atomic E-state index is -2.04. The maximum atomic E-state index is 14.6. The van der Waals surface area contributed by atoms with Gasteiger partial charge in [-0.3, -0.25) is 72.0 Å². The van der Waals surface area contributed by atoms with Crippen molar-refractivity contribution in [1.29, 1.82) is 0 Å². The Hall–Kier alpha value is -9.66. The van der Waals surface area contributed by atoms with Crippen molar-refractivity contribution in [3.63, 3.8) is 0 Å². The number of alkyl carbamates (subject to hydrolysis) is 1. The van der Waals surface area contributed by atoms with Crippen molar-refractivity contribution in [3.8, 4) is 0 Å². The minimum absolute atomic E-state index is 0.0135. The summed E-state index contributed by atoms with van der Waals surface area (Å²) in [7, 11) is 8.36. The molecule has 1 saturated heterocycles. The van der Waals surface area contributed by atoms with Crippen LogP contribution in [-0.4, -0.2) is 353 Å². The summed E-state index contributed by atoms with van der Waals surface area (Å²) in [4.78, 5) is 215. The summed E-state index contributed by atoms with van der Waals surface area (Å²) in [6, 6.07) is 3.71. The summed E-state index contributed by atoms with van der Waals surface area (Å²) in [6.45, 7) is 16.4. The Morgan fingerprint density at radius 1 is 0.603 bits per heavy atom. The van der Waals surface area contributed by atoms with Crippen LogP contribution in [-0.2, 0) is 102 Å². The predicted octanol–water partition coefficient (Wildman–Crippen LogP) is -3.59. The highest BCUT2D eigenvalue weighted by Crippen LogP contribution is 2.30. The molecule has 0 radical (unpaired) electrons. The van der Waals surface area contributed by atoms with Crippen LogP contribution in [0, 0.1) is 35.0 Å². The molecule has 1 aliphatic rings. The second-order valence-electron chi connectivity index (χ2n) is 33.7. The number of ketones is 1. The van der Waals surface area contributed by atoms with Gasteiger partial charge in [0.05, 0.1) is 107 Å². The fourth-order valence-electron chi connectivity index (χ4n) is 13.8. The number of hydrogen-bond donors (Lipinski definition) is 18. The number of esters is 1. The first-order valence-electron chi connectivity index (χ1n) is 42.9. The molecule has 0 aliphatic carbocycles. The van der Waals surface area contributed by atoms with E-state index in [1.54, 1.807) is 23.8 Å². The number of amides is 13. The molecule has 0 bridgehead atoms. The lowest BCUT2D eigenvalue weighted by Gasteiger charge is -2.41. The van der Waals surface area contributed by atoms with Gasteiger partial charge in [0.25, 0.3) is 0 Å². The Kier molecular flexibility index (Phi) is 53.0. The molecule has 18 N–H and O–H groups in total. The fraction of sp³-hybridized carbons (Fsp3) is 0.738. The molecule has 1 aromatic rings. The molecule has 1 heterocycles. The van der Waals surface area contributed by atoms with E-state index in [-0.39, 0.29) is 98.3 Å². The maximum Gasteiger partial charge on any atom is 0.407 e. The summed E-state index contributed by atoms with van der Waals surface area (Å²) in [5.74, 6) is -13.6. The molecule has 1 aromatic carbocycles. The van der Waals surface area contributed by atoms with Crippen molar-refractivity contribution in [3.05, 3.63) is 35.9 Å². The number of nitrogens with zero attached hydrogens (tertiary/aromatic N) is 3. The smallest absolute Gasteiger partial charge is 0.407 e. The molecule has 13 amide bonds. The number of Topliss-reactive ketones (excluding diaryl/α,β-unsaturated/α-hetero) is 1. The summed E-state index contributed by atoms with van der Waals surface area (Å²) in [5, 5.41) is 89.0. The predicted molar refractivity (Wildman–Crippen MR) is 458 cm³/mol. The first-order valence-corrected chi connectivity index (χ1v) is 42.9. The first-order chi connectivity index (χ1) is 59.3. The summed E-state index contributed by atoms with van der Waals surface area (Å²) >= 11 is 0. The molecule has 1 fully saturated rings. The number of carbonyl (C=O) groups is 16. The zero-order valence-electron chi connectivity index (χ0n) is 76.0. The lowest BCUT2D eigenvalue weighted by Crippen LogP contribution is -2.59. The molecule has 42 nitrogen and oxygen atoms in total. The molecule has 1 aliphatic heterocycles. The van der Waals surface area contributed by atoms with Gasteiger partial charge in [-0.2, -0.15) is 0 Å². The zero-order chi connectivity index (χ0) is 95.1. The number of carboxylic acid groups (broad SMARTS) is 1. The van der Waals surface area contributed by atoms with Crippen molar-refractivity contribution in [1.82, 2.24) is 78.5 Å². The number of aliphatic hydroxyl groups is 5. The van der Waals surface area contributed by atoms with Gasteiger partial charge in [-0.15, -0.1) is 0 Å². The number of carbonyl (C=O) groups excluding carboxylic acids is 15. The number of methoxy groups -OCH3 is 2. The van der Waals surface area contributed by atoms with Crippen LogP contribution in [0.3, 0.4) is 0 Å². The number of aliphatic carboxylic acids is 1. The Morgan fingerprint density at radius 3 is 1.75 bits per heavy atom. The molecule has 2 rings (SSSR count). The molecular formula is C84H143N15O27. The van der Waals surface area contributed by atoms with E-state index in [1.807, 2.05) is 112 Å². The lowest BCUT2D eigenvalue weighted by atomic mass is 9.89. The van der Waals surface area contributed by atoms with E-state index in [0.717, 1.165) is 5.56 Å². The number of ether oxygens (including phenoxy) is 5. The van der Waals surface area contributed by atoms with Gasteiger partial charge in [-0.1, -0.05) is 106 Å². The third-order valence-electron chi connectivity index (χ3n) is 21.0. The van der Waals surface area contributed by atoms with Gasteiger partial charge in [0.15, 0.2) is 5.78 Å². The van der Waals surface area contributed by atoms with Crippen LogP contribution < -0.4 is 63.8 Å². The van der Waals surface area contributed by atoms with Crippen LogP contribution in [0.1, 0.15) is 152 Å². The highest BCUT2D eigenvalue weighted by atomic mass is 16.6. The first kappa shape index (κ1) is 112. The van der Waals surface area contributed by atoms with Crippen LogP contribution in [0.2, 0.25) is 0 Å². The van der Waals surface area contributed by atoms with Gasteiger partial charge in [0, 0.05) is 92.1 Å². The molecule has 716 valence electrons. The van der Waals surface area contributed by atoms with E-state index in [0.29, 0.717) is 51.8 Å². The Morgan fingerprint density at radius 2 is 1.18 bits per heavy atom. The lowest BCUT2D eigenvalue weighted by molar-refractivity contribution is -0.148. The Balaban J connectivity index is 2.05. The number of likely N-dealkylation sites (tertiary alicyclic amines) is 1. The number of likely N-dealkylation sites (N-methyl/N-ethyl adjacent to an activating group) is 2. The molecule has 0 saturated carbocycles. The Bertz CT molecular complexity index is 3610. The highest BCUT2D eigenvalue weighted by Gasteiger charge is 2.44. The zero-order valence-corrected chi connectivity index (χ0v) is 76.0. The maximum absolute atomic E-state index is 14.6. The number of nitrogens with one attached hydrogen (secondary N) is 12. The number of aliphatic hydroxyl groups excluding tert-OH is 5. The van der Waals surface area contributed by atoms with Crippen molar-refractivity contribution in [2.75, 3.05) is 134 Å². The number of carboxylic acids is 1. The average Bonchev–Trinajstić information content (AvgIpc) is 1.30. The van der Waals surface area contributed by atoms with E-state index in [9.17, 15) is 102 Å². The van der Waals surface area contributed by atoms with E-state index in [4.69, 9.17) is 28.8 Å². The molecule has 0 spiro atoms. The van der Waals surface area contributed by atoms with Crippen LogP contribution >= 0.6 is 0 Å². The summed E-state index contributed by atoms with van der Waals surface area (Å²) in [5.41, 5.74) is 0.865. The topological polar surface area (TPSA) is 595 Å². The van der Waals surface area contributed by atoms with Gasteiger partial charge in [0.2, 0.25) is 70.9 Å². The number of rotatable bonds is 62. The van der Waals surface area contributed by atoms with Crippen LogP contribution in [0.25, 0.3) is 0 Å². The largest absolute Gasteiger partial charge is 0.481 e. The van der Waals surface area contributed by atoms with E-state index >= 15 is 0 Å². The van der Waals surface area contributed by atoms with Gasteiger partial charge in [0.1, 0.15) is 43.0 Å². The van der Waals surface area contributed by atoms with Crippen LogP contribution in [0.5, 0.6) is 0 Å². The molecule has 16 atom stereocenters. The Labute approximate surface area is 738 Å². The highest BCUT2D eigenvalue weighted by molar-refractivity contribution is 5.95. The third kappa shape index (κ3) is 43.2. The molecule has 4 unspecified atom stereocenters.